The molecule has 1 aliphatic heterocycles. The topological polar surface area (TPSA) is 77.7 Å². The van der Waals surface area contributed by atoms with Crippen molar-refractivity contribution in [2.45, 2.75) is 19.1 Å². The molecule has 0 radical (unpaired) electrons. The summed E-state index contributed by atoms with van der Waals surface area (Å²) in [6, 6.07) is 13.4. The van der Waals surface area contributed by atoms with Gasteiger partial charge in [0.2, 0.25) is 6.10 Å². The van der Waals surface area contributed by atoms with Gasteiger partial charge >= 0.3 is 0 Å². The monoisotopic (exact) mass is 428 g/mol. The predicted octanol–water partition coefficient (Wildman–Crippen LogP) is 3.86. The number of ether oxygens (including phenoxy) is 1. The first kappa shape index (κ1) is 19.9. The van der Waals surface area contributed by atoms with E-state index in [1.165, 1.54) is 12.1 Å². The number of amides is 1. The second kappa shape index (κ2) is 8.54. The number of anilines is 1. The Bertz CT molecular complexity index is 1080. The van der Waals surface area contributed by atoms with Crippen LogP contribution in [0.25, 0.3) is 0 Å². The van der Waals surface area contributed by atoms with E-state index >= 15 is 0 Å². The number of methoxy groups -OCH3 is 1. The Hall–Kier alpha value is -3.39. The van der Waals surface area contributed by atoms with Crippen molar-refractivity contribution in [2.24, 2.45) is 5.16 Å². The summed E-state index contributed by atoms with van der Waals surface area (Å²) in [7, 11) is 1.59. The first-order valence-corrected chi connectivity index (χ1v) is 9.55. The van der Waals surface area contributed by atoms with E-state index in [0.29, 0.717) is 23.7 Å². The fourth-order valence-corrected chi connectivity index (χ4v) is 3.21. The van der Waals surface area contributed by atoms with Crippen LogP contribution in [0.2, 0.25) is 5.02 Å². The largest absolute Gasteiger partial charge is 0.497 e. The molecule has 7 nitrogen and oxygen atoms in total. The molecule has 0 saturated heterocycles. The lowest BCUT2D eigenvalue weighted by Gasteiger charge is -2.08. The molecule has 154 valence electrons. The Morgan fingerprint density at radius 1 is 1.27 bits per heavy atom. The van der Waals surface area contributed by atoms with Crippen LogP contribution in [0.1, 0.15) is 17.5 Å². The molecule has 0 saturated carbocycles. The standard InChI is InChI=1S/C21H18ClFN4O3/c1-29-16-8-4-14(5-9-16)18-10-19(30-26-18)21(28)24-20-17(22)12-27(25-20)11-13-2-6-15(23)7-3-13/h2-9,12,19H,10-11H2,1H3,(H,24,25,28). The predicted molar refractivity (Wildman–Crippen MR) is 110 cm³/mol. The molecule has 4 rings (SSSR count). The van der Waals surface area contributed by atoms with Crippen LogP contribution in [0, 0.1) is 5.82 Å². The number of nitrogens with one attached hydrogen (secondary N) is 1. The third kappa shape index (κ3) is 4.44. The average Bonchev–Trinajstić information content (AvgIpc) is 3.37. The normalized spacial score (nSPS) is 15.4. The van der Waals surface area contributed by atoms with Crippen molar-refractivity contribution in [2.75, 3.05) is 12.4 Å². The second-order valence-corrected chi connectivity index (χ2v) is 7.11. The minimum atomic E-state index is -0.777. The molecule has 1 aromatic heterocycles. The Kier molecular flexibility index (Phi) is 5.67. The third-order valence-corrected chi connectivity index (χ3v) is 4.88. The molecule has 2 aromatic carbocycles. The van der Waals surface area contributed by atoms with Crippen molar-refractivity contribution < 1.29 is 18.8 Å². The summed E-state index contributed by atoms with van der Waals surface area (Å²) in [5, 5.41) is 11.3. The van der Waals surface area contributed by atoms with E-state index in [9.17, 15) is 9.18 Å². The Balaban J connectivity index is 1.37. The minimum Gasteiger partial charge on any atom is -0.497 e. The van der Waals surface area contributed by atoms with Crippen LogP contribution in [-0.4, -0.2) is 34.6 Å². The van der Waals surface area contributed by atoms with E-state index in [1.54, 1.807) is 30.1 Å². The summed E-state index contributed by atoms with van der Waals surface area (Å²) < 4.78 is 19.7. The number of halogens is 2. The number of rotatable bonds is 6. The van der Waals surface area contributed by atoms with E-state index in [-0.39, 0.29) is 11.6 Å². The van der Waals surface area contributed by atoms with Gasteiger partial charge < -0.3 is 14.9 Å². The van der Waals surface area contributed by atoms with Crippen molar-refractivity contribution >= 4 is 29.0 Å². The first-order chi connectivity index (χ1) is 14.5. The second-order valence-electron chi connectivity index (χ2n) is 6.70. The molecular weight excluding hydrogens is 411 g/mol. The maximum Gasteiger partial charge on any atom is 0.269 e. The summed E-state index contributed by atoms with van der Waals surface area (Å²) in [4.78, 5) is 17.9. The van der Waals surface area contributed by atoms with Crippen LogP contribution < -0.4 is 10.1 Å². The maximum atomic E-state index is 13.0. The number of hydrogen-bond acceptors (Lipinski definition) is 5. The lowest BCUT2D eigenvalue weighted by molar-refractivity contribution is -0.125. The van der Waals surface area contributed by atoms with Crippen molar-refractivity contribution in [3.8, 4) is 5.75 Å². The summed E-state index contributed by atoms with van der Waals surface area (Å²) in [6.45, 7) is 0.389. The molecule has 1 aliphatic rings. The summed E-state index contributed by atoms with van der Waals surface area (Å²) >= 11 is 6.20. The molecule has 1 unspecified atom stereocenters. The van der Waals surface area contributed by atoms with E-state index in [4.69, 9.17) is 21.2 Å². The summed E-state index contributed by atoms with van der Waals surface area (Å²) in [5.41, 5.74) is 2.38. The minimum absolute atomic E-state index is 0.227. The van der Waals surface area contributed by atoms with Gasteiger partial charge in [-0.25, -0.2) is 4.39 Å². The quantitative estimate of drug-likeness (QED) is 0.646. The lowest BCUT2D eigenvalue weighted by atomic mass is 10.0. The molecule has 0 spiro atoms. The number of benzene rings is 2. The zero-order valence-corrected chi connectivity index (χ0v) is 16.8. The average molecular weight is 429 g/mol. The molecule has 30 heavy (non-hydrogen) atoms. The maximum absolute atomic E-state index is 13.0. The van der Waals surface area contributed by atoms with Crippen LogP contribution in [0.3, 0.4) is 0 Å². The van der Waals surface area contributed by atoms with Gasteiger partial charge in [0.15, 0.2) is 5.82 Å². The van der Waals surface area contributed by atoms with E-state index < -0.39 is 12.0 Å². The van der Waals surface area contributed by atoms with Gasteiger partial charge in [-0.3, -0.25) is 9.48 Å². The van der Waals surface area contributed by atoms with E-state index in [2.05, 4.69) is 15.6 Å². The van der Waals surface area contributed by atoms with Crippen molar-refractivity contribution in [3.05, 3.63) is 76.7 Å². The highest BCUT2D eigenvalue weighted by Gasteiger charge is 2.30. The van der Waals surface area contributed by atoms with Crippen LogP contribution >= 0.6 is 11.6 Å². The molecular formula is C21H18ClFN4O3. The first-order valence-electron chi connectivity index (χ1n) is 9.17. The lowest BCUT2D eigenvalue weighted by Crippen LogP contribution is -2.28. The zero-order valence-electron chi connectivity index (χ0n) is 16.0. The van der Waals surface area contributed by atoms with Crippen LogP contribution in [0.5, 0.6) is 5.75 Å². The zero-order chi connectivity index (χ0) is 21.1. The van der Waals surface area contributed by atoms with Gasteiger partial charge in [-0.2, -0.15) is 5.10 Å². The van der Waals surface area contributed by atoms with Gasteiger partial charge in [0.05, 0.1) is 19.4 Å². The smallest absolute Gasteiger partial charge is 0.269 e. The Morgan fingerprint density at radius 3 is 2.70 bits per heavy atom. The number of hydrogen-bond donors (Lipinski definition) is 1. The van der Waals surface area contributed by atoms with Gasteiger partial charge in [-0.05, 0) is 47.5 Å². The third-order valence-electron chi connectivity index (χ3n) is 4.60. The van der Waals surface area contributed by atoms with Gasteiger partial charge in [0, 0.05) is 12.6 Å². The molecule has 0 aliphatic carbocycles. The number of oxime groups is 1. The van der Waals surface area contributed by atoms with Crippen molar-refractivity contribution in [3.63, 3.8) is 0 Å². The molecule has 0 bridgehead atoms. The van der Waals surface area contributed by atoms with E-state index in [0.717, 1.165) is 16.9 Å². The Labute approximate surface area is 177 Å². The summed E-state index contributed by atoms with van der Waals surface area (Å²) in [5.74, 6) is 0.262. The van der Waals surface area contributed by atoms with Crippen molar-refractivity contribution in [1.29, 1.82) is 0 Å². The SMILES string of the molecule is COc1ccc(C2=NOC(C(=O)Nc3nn(Cc4ccc(F)cc4)cc3Cl)C2)cc1. The fourth-order valence-electron chi connectivity index (χ4n) is 3.01. The highest BCUT2D eigenvalue weighted by molar-refractivity contribution is 6.33. The Morgan fingerprint density at radius 2 is 2.00 bits per heavy atom. The number of carbonyl (C=O) groups excluding carboxylic acids is 1. The molecule has 1 atom stereocenters. The molecule has 2 heterocycles. The van der Waals surface area contributed by atoms with E-state index in [1.807, 2.05) is 24.3 Å². The number of aromatic nitrogens is 2. The highest BCUT2D eigenvalue weighted by atomic mass is 35.5. The summed E-state index contributed by atoms with van der Waals surface area (Å²) in [6.07, 6.45) is 1.14. The molecule has 1 N–H and O–H groups in total. The number of nitrogens with zero attached hydrogens (tertiary/aromatic N) is 3. The molecule has 9 heteroatoms. The molecule has 3 aromatic rings. The van der Waals surface area contributed by atoms with Crippen LogP contribution in [0.4, 0.5) is 10.2 Å². The highest BCUT2D eigenvalue weighted by Crippen LogP contribution is 2.23. The number of carbonyl (C=O) groups is 1. The van der Waals surface area contributed by atoms with Gasteiger partial charge in [-0.1, -0.05) is 28.9 Å². The van der Waals surface area contributed by atoms with Crippen LogP contribution in [0.15, 0.2) is 59.9 Å². The fraction of sp³-hybridized carbons (Fsp3) is 0.190. The van der Waals surface area contributed by atoms with Crippen LogP contribution in [-0.2, 0) is 16.2 Å². The van der Waals surface area contributed by atoms with Gasteiger partial charge in [0.1, 0.15) is 16.6 Å². The van der Waals surface area contributed by atoms with Gasteiger partial charge in [-0.15, -0.1) is 0 Å². The van der Waals surface area contributed by atoms with Gasteiger partial charge in [0.25, 0.3) is 5.91 Å². The van der Waals surface area contributed by atoms with Crippen molar-refractivity contribution in [1.82, 2.24) is 9.78 Å². The molecule has 1 amide bonds. The molecule has 0 fully saturated rings.